The Balaban J connectivity index is 1.63. The molecule has 0 bridgehead atoms. The van der Waals surface area contributed by atoms with E-state index in [-0.39, 0.29) is 0 Å². The predicted molar refractivity (Wildman–Crippen MR) is 56.2 cm³/mol. The molecule has 4 heteroatoms. The number of rotatable bonds is 4. The van der Waals surface area contributed by atoms with E-state index < -0.39 is 0 Å². The summed E-state index contributed by atoms with van der Waals surface area (Å²) in [5.74, 6) is 0. The molecule has 2 heterocycles. The largest absolute Gasteiger partial charge is 0.361 e. The summed E-state index contributed by atoms with van der Waals surface area (Å²) in [6.45, 7) is 2.23. The number of hydrogen-bond donors (Lipinski definition) is 2. The van der Waals surface area contributed by atoms with E-state index in [1.54, 1.807) is 11.3 Å². The molecule has 72 valence electrons. The van der Waals surface area contributed by atoms with Crippen molar-refractivity contribution in [1.82, 2.24) is 10.3 Å². The van der Waals surface area contributed by atoms with Gasteiger partial charge in [-0.3, -0.25) is 0 Å². The highest BCUT2D eigenvalue weighted by Gasteiger charge is 2.12. The molecule has 3 nitrogen and oxygen atoms in total. The molecule has 13 heavy (non-hydrogen) atoms. The smallest absolute Gasteiger partial charge is 0.182 e. The van der Waals surface area contributed by atoms with Gasteiger partial charge in [-0.05, 0) is 25.8 Å². The van der Waals surface area contributed by atoms with Crippen molar-refractivity contribution in [2.75, 3.05) is 18.4 Å². The second-order valence-corrected chi connectivity index (χ2v) is 4.24. The first-order chi connectivity index (χ1) is 6.45. The Hall–Kier alpha value is -0.610. The monoisotopic (exact) mass is 197 g/mol. The Morgan fingerprint density at radius 3 is 3.38 bits per heavy atom. The molecule has 1 unspecified atom stereocenters. The fourth-order valence-corrected chi connectivity index (χ4v) is 2.22. The fourth-order valence-electron chi connectivity index (χ4n) is 1.67. The summed E-state index contributed by atoms with van der Waals surface area (Å²) >= 11 is 1.66. The van der Waals surface area contributed by atoms with Crippen LogP contribution < -0.4 is 10.6 Å². The van der Waals surface area contributed by atoms with Gasteiger partial charge in [0.2, 0.25) is 0 Å². The highest BCUT2D eigenvalue weighted by molar-refractivity contribution is 7.13. The molecule has 0 amide bonds. The number of anilines is 1. The first-order valence-corrected chi connectivity index (χ1v) is 5.70. The average Bonchev–Trinajstić information content (AvgIpc) is 2.75. The van der Waals surface area contributed by atoms with Gasteiger partial charge in [0, 0.05) is 24.2 Å². The van der Waals surface area contributed by atoms with Crippen molar-refractivity contribution in [3.05, 3.63) is 11.6 Å². The predicted octanol–water partition coefficient (Wildman–Crippen LogP) is 1.70. The first-order valence-electron chi connectivity index (χ1n) is 4.82. The molecule has 0 aromatic carbocycles. The maximum absolute atomic E-state index is 4.17. The van der Waals surface area contributed by atoms with E-state index in [4.69, 9.17) is 0 Å². The first kappa shape index (κ1) is 8.97. The average molecular weight is 197 g/mol. The van der Waals surface area contributed by atoms with E-state index in [2.05, 4.69) is 15.6 Å². The molecule has 2 rings (SSSR count). The third-order valence-electron chi connectivity index (χ3n) is 2.36. The lowest BCUT2D eigenvalue weighted by atomic mass is 10.2. The van der Waals surface area contributed by atoms with Gasteiger partial charge in [0.05, 0.1) is 0 Å². The van der Waals surface area contributed by atoms with E-state index >= 15 is 0 Å². The molecule has 1 aromatic rings. The lowest BCUT2D eigenvalue weighted by Gasteiger charge is -2.09. The van der Waals surface area contributed by atoms with Gasteiger partial charge in [0.25, 0.3) is 0 Å². The van der Waals surface area contributed by atoms with Crippen molar-refractivity contribution in [2.24, 2.45) is 0 Å². The zero-order valence-electron chi connectivity index (χ0n) is 7.62. The standard InChI is InChI=1S/C9H15N3S/c1-2-8(10-4-1)3-5-11-9-12-6-7-13-9/h6-8,10H,1-5H2,(H,11,12). The van der Waals surface area contributed by atoms with Crippen LogP contribution in [-0.4, -0.2) is 24.1 Å². The summed E-state index contributed by atoms with van der Waals surface area (Å²) in [5.41, 5.74) is 0. The van der Waals surface area contributed by atoms with E-state index in [9.17, 15) is 0 Å². The number of aromatic nitrogens is 1. The van der Waals surface area contributed by atoms with Crippen molar-refractivity contribution >= 4 is 16.5 Å². The summed E-state index contributed by atoms with van der Waals surface area (Å²) in [7, 11) is 0. The zero-order chi connectivity index (χ0) is 8.93. The van der Waals surface area contributed by atoms with Crippen LogP contribution in [0.1, 0.15) is 19.3 Å². The van der Waals surface area contributed by atoms with Crippen LogP contribution in [0.25, 0.3) is 0 Å². The highest BCUT2D eigenvalue weighted by Crippen LogP contribution is 2.12. The maximum atomic E-state index is 4.17. The summed E-state index contributed by atoms with van der Waals surface area (Å²) in [6.07, 6.45) is 5.71. The topological polar surface area (TPSA) is 37.0 Å². The minimum absolute atomic E-state index is 0.729. The molecule has 0 aliphatic carbocycles. The van der Waals surface area contributed by atoms with E-state index in [1.807, 2.05) is 11.6 Å². The van der Waals surface area contributed by atoms with Gasteiger partial charge in [-0.15, -0.1) is 11.3 Å². The summed E-state index contributed by atoms with van der Waals surface area (Å²) < 4.78 is 0. The molecule has 2 N–H and O–H groups in total. The number of thiazole rings is 1. The van der Waals surface area contributed by atoms with Crippen molar-refractivity contribution in [1.29, 1.82) is 0 Å². The molecule has 1 aliphatic heterocycles. The van der Waals surface area contributed by atoms with Gasteiger partial charge in [0.1, 0.15) is 0 Å². The van der Waals surface area contributed by atoms with Crippen LogP contribution in [0.3, 0.4) is 0 Å². The second kappa shape index (κ2) is 4.58. The van der Waals surface area contributed by atoms with E-state index in [0.717, 1.165) is 17.7 Å². The Bertz CT molecular complexity index is 229. The van der Waals surface area contributed by atoms with Gasteiger partial charge in [-0.1, -0.05) is 0 Å². The quantitative estimate of drug-likeness (QED) is 0.771. The van der Waals surface area contributed by atoms with Crippen molar-refractivity contribution in [3.8, 4) is 0 Å². The minimum atomic E-state index is 0.729. The molecule has 1 aliphatic rings. The lowest BCUT2D eigenvalue weighted by molar-refractivity contribution is 0.574. The van der Waals surface area contributed by atoms with Crippen LogP contribution in [0, 0.1) is 0 Å². The third-order valence-corrected chi connectivity index (χ3v) is 3.09. The van der Waals surface area contributed by atoms with Gasteiger partial charge in [-0.2, -0.15) is 0 Å². The lowest BCUT2D eigenvalue weighted by Crippen LogP contribution is -2.23. The highest BCUT2D eigenvalue weighted by atomic mass is 32.1. The number of nitrogens with one attached hydrogen (secondary N) is 2. The Labute approximate surface area is 82.6 Å². The zero-order valence-corrected chi connectivity index (χ0v) is 8.44. The fraction of sp³-hybridized carbons (Fsp3) is 0.667. The van der Waals surface area contributed by atoms with Gasteiger partial charge >= 0.3 is 0 Å². The SMILES string of the molecule is c1csc(NCCC2CCCN2)n1. The molecule has 1 fully saturated rings. The molecule has 0 saturated carbocycles. The Kier molecular flexibility index (Phi) is 3.16. The van der Waals surface area contributed by atoms with Crippen LogP contribution in [0.2, 0.25) is 0 Å². The van der Waals surface area contributed by atoms with E-state index in [0.29, 0.717) is 0 Å². The second-order valence-electron chi connectivity index (χ2n) is 3.35. The Morgan fingerprint density at radius 1 is 1.69 bits per heavy atom. The summed E-state index contributed by atoms with van der Waals surface area (Å²) in [5, 5.41) is 9.83. The number of nitrogens with zero attached hydrogens (tertiary/aromatic N) is 1. The van der Waals surface area contributed by atoms with Crippen LogP contribution >= 0.6 is 11.3 Å². The molecule has 1 aromatic heterocycles. The molecule has 1 saturated heterocycles. The van der Waals surface area contributed by atoms with Crippen LogP contribution in [-0.2, 0) is 0 Å². The van der Waals surface area contributed by atoms with Crippen molar-refractivity contribution < 1.29 is 0 Å². The van der Waals surface area contributed by atoms with Crippen LogP contribution in [0.4, 0.5) is 5.13 Å². The van der Waals surface area contributed by atoms with Gasteiger partial charge < -0.3 is 10.6 Å². The molecule has 0 spiro atoms. The van der Waals surface area contributed by atoms with Gasteiger partial charge in [-0.25, -0.2) is 4.98 Å². The van der Waals surface area contributed by atoms with Crippen molar-refractivity contribution in [3.63, 3.8) is 0 Å². The minimum Gasteiger partial charge on any atom is -0.361 e. The van der Waals surface area contributed by atoms with Crippen LogP contribution in [0.5, 0.6) is 0 Å². The third kappa shape index (κ3) is 2.67. The molecule has 1 atom stereocenters. The Morgan fingerprint density at radius 2 is 2.69 bits per heavy atom. The molecular weight excluding hydrogens is 182 g/mol. The van der Waals surface area contributed by atoms with Crippen LogP contribution in [0.15, 0.2) is 11.6 Å². The number of hydrogen-bond acceptors (Lipinski definition) is 4. The van der Waals surface area contributed by atoms with E-state index in [1.165, 1.54) is 25.8 Å². The normalized spacial score (nSPS) is 22.0. The molecule has 0 radical (unpaired) electrons. The molecular formula is C9H15N3S. The maximum Gasteiger partial charge on any atom is 0.182 e. The summed E-state index contributed by atoms with van der Waals surface area (Å²) in [6, 6.07) is 0.729. The van der Waals surface area contributed by atoms with Crippen molar-refractivity contribution in [2.45, 2.75) is 25.3 Å². The van der Waals surface area contributed by atoms with Gasteiger partial charge in [0.15, 0.2) is 5.13 Å². The summed E-state index contributed by atoms with van der Waals surface area (Å²) in [4.78, 5) is 4.17.